The highest BCUT2D eigenvalue weighted by atomic mass is 16.5. The first-order valence-electron chi connectivity index (χ1n) is 15.0. The number of carbonyl (C=O) groups excluding carboxylic acids is 5. The molecule has 4 atom stereocenters. The summed E-state index contributed by atoms with van der Waals surface area (Å²) in [5.41, 5.74) is 5.07. The van der Waals surface area contributed by atoms with Crippen molar-refractivity contribution in [3.05, 3.63) is 0 Å². The molecule has 0 bridgehead atoms. The van der Waals surface area contributed by atoms with Crippen molar-refractivity contribution in [2.24, 2.45) is 38.3 Å². The number of nitrogens with zero attached hydrogens (tertiary/aromatic N) is 2. The van der Waals surface area contributed by atoms with Crippen LogP contribution < -0.4 is 16.4 Å². The van der Waals surface area contributed by atoms with Gasteiger partial charge in [-0.05, 0) is 47.8 Å². The third kappa shape index (κ3) is 4.77. The monoisotopic (exact) mass is 571 g/mol. The molecule has 5 aliphatic rings. The average Bonchev–Trinajstić information content (AvgIpc) is 3.05. The molecule has 0 aromatic heterocycles. The van der Waals surface area contributed by atoms with Crippen molar-refractivity contribution < 1.29 is 28.7 Å². The molecule has 3 aliphatic carbocycles. The van der Waals surface area contributed by atoms with E-state index in [9.17, 15) is 24.0 Å². The smallest absolute Gasteiger partial charge is 0.341 e. The van der Waals surface area contributed by atoms with Gasteiger partial charge in [0.25, 0.3) is 5.91 Å². The van der Waals surface area contributed by atoms with E-state index in [4.69, 9.17) is 10.5 Å². The van der Waals surface area contributed by atoms with Crippen molar-refractivity contribution in [1.29, 1.82) is 0 Å². The first-order valence-corrected chi connectivity index (χ1v) is 15.0. The summed E-state index contributed by atoms with van der Waals surface area (Å²) in [6.07, 6.45) is 7.00. The van der Waals surface area contributed by atoms with Crippen LogP contribution in [0.3, 0.4) is 0 Å². The number of amides is 5. The second-order valence-corrected chi connectivity index (χ2v) is 14.6. The Kier molecular flexibility index (Phi) is 7.36. The number of carbonyl (C=O) groups is 5. The maximum Gasteiger partial charge on any atom is 0.341 e. The minimum atomic E-state index is -1.07. The first kappa shape index (κ1) is 29.7. The second-order valence-electron chi connectivity index (χ2n) is 14.6. The van der Waals surface area contributed by atoms with E-state index in [1.807, 2.05) is 20.8 Å². The van der Waals surface area contributed by atoms with Crippen LogP contribution in [0.4, 0.5) is 4.79 Å². The van der Waals surface area contributed by atoms with Crippen LogP contribution in [0.1, 0.15) is 86.0 Å². The number of hydrogen-bond donors (Lipinski definition) is 3. The summed E-state index contributed by atoms with van der Waals surface area (Å²) in [5.74, 6) is -2.42. The molecule has 5 amide bonds. The summed E-state index contributed by atoms with van der Waals surface area (Å²) in [4.78, 5) is 71.3. The Bertz CT molecular complexity index is 1170. The number of primary amides is 1. The van der Waals surface area contributed by atoms with Gasteiger partial charge in [0.15, 0.2) is 0 Å². The van der Waals surface area contributed by atoms with Gasteiger partial charge in [0, 0.05) is 12.0 Å². The Morgan fingerprint density at radius 3 is 2.15 bits per heavy atom. The molecule has 1 unspecified atom stereocenters. The second kappa shape index (κ2) is 10.2. The molecule has 5 rings (SSSR count). The summed E-state index contributed by atoms with van der Waals surface area (Å²) in [6.45, 7) is 11.0. The SMILES string of the molecule is CC(C)(C)[C@H](NC(=O)N=C1COC1)C(=O)N1C[C@]2(C[C@H]1C(=O)NC(CC1CCC1)C(=O)C(N)=O)C(C)(C)C21CCC1. The van der Waals surface area contributed by atoms with Crippen LogP contribution in [0.15, 0.2) is 4.99 Å². The van der Waals surface area contributed by atoms with Crippen LogP contribution in [-0.2, 0) is 23.9 Å². The van der Waals surface area contributed by atoms with Crippen molar-refractivity contribution in [3.63, 3.8) is 0 Å². The van der Waals surface area contributed by atoms with Crippen molar-refractivity contribution in [1.82, 2.24) is 15.5 Å². The van der Waals surface area contributed by atoms with Gasteiger partial charge in [0.2, 0.25) is 17.6 Å². The average molecular weight is 572 g/mol. The quantitative estimate of drug-likeness (QED) is 0.378. The molecule has 2 spiro atoms. The molecule has 2 aliphatic heterocycles. The van der Waals surface area contributed by atoms with Gasteiger partial charge in [-0.15, -0.1) is 0 Å². The van der Waals surface area contributed by atoms with Crippen molar-refractivity contribution in [2.75, 3.05) is 19.8 Å². The molecule has 4 N–H and O–H groups in total. The van der Waals surface area contributed by atoms with Crippen LogP contribution in [-0.4, -0.2) is 78.0 Å². The van der Waals surface area contributed by atoms with Crippen molar-refractivity contribution >= 4 is 35.2 Å². The molecule has 0 radical (unpaired) electrons. The number of rotatable bonds is 8. The number of nitrogens with one attached hydrogen (secondary N) is 2. The summed E-state index contributed by atoms with van der Waals surface area (Å²) in [7, 11) is 0. The van der Waals surface area contributed by atoms with E-state index < -0.39 is 47.2 Å². The van der Waals surface area contributed by atoms with Gasteiger partial charge >= 0.3 is 6.03 Å². The highest BCUT2D eigenvalue weighted by Gasteiger charge is 2.85. The molecule has 11 heteroatoms. The minimum absolute atomic E-state index is 0.0587. The standard InChI is InChI=1S/C30H45N5O6/c1-27(2,3)22(34-26(40)32-18-14-41-15-18)25(39)35-16-30(28(4,5)29(30)10-7-11-29)13-20(35)24(38)33-19(21(36)23(31)37)12-17-8-6-9-17/h17,19-20,22H,6-16H2,1-5H3,(H2,31,37)(H,33,38)(H,34,40)/t19?,20-,22+,30+/m0/s1. The molecule has 41 heavy (non-hydrogen) atoms. The normalized spacial score (nSPS) is 29.0. The zero-order valence-corrected chi connectivity index (χ0v) is 25.0. The fourth-order valence-corrected chi connectivity index (χ4v) is 8.17. The maximum atomic E-state index is 14.3. The Morgan fingerprint density at radius 2 is 1.71 bits per heavy atom. The molecule has 5 fully saturated rings. The van der Waals surface area contributed by atoms with E-state index in [2.05, 4.69) is 29.5 Å². The topological polar surface area (TPSA) is 160 Å². The lowest BCUT2D eigenvalue weighted by Crippen LogP contribution is -2.59. The summed E-state index contributed by atoms with van der Waals surface area (Å²) < 4.78 is 5.08. The molecule has 3 saturated carbocycles. The number of urea groups is 1. The predicted octanol–water partition coefficient (Wildman–Crippen LogP) is 2.11. The third-order valence-electron chi connectivity index (χ3n) is 11.2. The van der Waals surface area contributed by atoms with Gasteiger partial charge in [-0.1, -0.05) is 60.3 Å². The number of ether oxygens (including phenoxy) is 1. The Balaban J connectivity index is 1.42. The van der Waals surface area contributed by atoms with E-state index in [-0.39, 0.29) is 28.1 Å². The number of hydrogen-bond acceptors (Lipinski definition) is 6. The Hall–Kier alpha value is -2.82. The highest BCUT2D eigenvalue weighted by Crippen LogP contribution is 2.88. The van der Waals surface area contributed by atoms with Gasteiger partial charge in [0.05, 0.1) is 25.0 Å². The first-order chi connectivity index (χ1) is 19.1. The Morgan fingerprint density at radius 1 is 1.05 bits per heavy atom. The van der Waals surface area contributed by atoms with Crippen LogP contribution in [0.5, 0.6) is 0 Å². The van der Waals surface area contributed by atoms with Crippen molar-refractivity contribution in [2.45, 2.75) is 104 Å². The fraction of sp³-hybridized carbons (Fsp3) is 0.800. The lowest BCUT2D eigenvalue weighted by Gasteiger charge is -2.36. The number of likely N-dealkylation sites (tertiary alicyclic amines) is 1. The zero-order chi connectivity index (χ0) is 30.0. The molecular formula is C30H45N5O6. The minimum Gasteiger partial charge on any atom is -0.369 e. The van der Waals surface area contributed by atoms with Gasteiger partial charge in [-0.3, -0.25) is 19.2 Å². The number of ketones is 1. The number of fused-ring (bicyclic) bond motifs is 1. The summed E-state index contributed by atoms with van der Waals surface area (Å²) >= 11 is 0. The van der Waals surface area contributed by atoms with E-state index in [0.717, 1.165) is 38.5 Å². The van der Waals surface area contributed by atoms with E-state index in [1.54, 1.807) is 4.90 Å². The lowest BCUT2D eigenvalue weighted by atomic mass is 9.73. The predicted molar refractivity (Wildman–Crippen MR) is 151 cm³/mol. The molecule has 11 nitrogen and oxygen atoms in total. The fourth-order valence-electron chi connectivity index (χ4n) is 8.17. The van der Waals surface area contributed by atoms with Crippen LogP contribution in [0.25, 0.3) is 0 Å². The number of Topliss-reactive ketones (excluding diaryl/α,β-unsaturated/α-hetero) is 1. The number of nitrogens with two attached hydrogens (primary N) is 1. The van der Waals surface area contributed by atoms with Crippen LogP contribution >= 0.6 is 0 Å². The van der Waals surface area contributed by atoms with E-state index in [0.29, 0.717) is 38.3 Å². The van der Waals surface area contributed by atoms with Crippen molar-refractivity contribution in [3.8, 4) is 0 Å². The van der Waals surface area contributed by atoms with Gasteiger partial charge in [-0.2, -0.15) is 4.99 Å². The molecule has 0 aromatic carbocycles. The summed E-state index contributed by atoms with van der Waals surface area (Å²) in [5, 5.41) is 5.64. The van der Waals surface area contributed by atoms with Gasteiger partial charge in [0.1, 0.15) is 12.1 Å². The van der Waals surface area contributed by atoms with Gasteiger partial charge in [-0.25, -0.2) is 4.79 Å². The molecule has 226 valence electrons. The van der Waals surface area contributed by atoms with E-state index >= 15 is 0 Å². The maximum absolute atomic E-state index is 14.3. The summed E-state index contributed by atoms with van der Waals surface area (Å²) in [6, 6.07) is -3.38. The Labute approximate surface area is 241 Å². The van der Waals surface area contributed by atoms with E-state index in [1.165, 1.54) is 0 Å². The van der Waals surface area contributed by atoms with Crippen LogP contribution in [0, 0.1) is 27.6 Å². The van der Waals surface area contributed by atoms with Crippen LogP contribution in [0.2, 0.25) is 0 Å². The lowest BCUT2D eigenvalue weighted by molar-refractivity contribution is -0.143. The highest BCUT2D eigenvalue weighted by molar-refractivity contribution is 6.37. The number of aliphatic imine (C=N–C) groups is 1. The third-order valence-corrected chi connectivity index (χ3v) is 11.2. The molecule has 2 heterocycles. The molecule has 2 saturated heterocycles. The largest absolute Gasteiger partial charge is 0.369 e. The molecule has 0 aromatic rings. The molecular weight excluding hydrogens is 526 g/mol. The zero-order valence-electron chi connectivity index (χ0n) is 25.0. The van der Waals surface area contributed by atoms with Gasteiger partial charge < -0.3 is 26.0 Å².